The van der Waals surface area contributed by atoms with Crippen LogP contribution in [0.3, 0.4) is 0 Å². The average Bonchev–Trinajstić information content (AvgIpc) is 2.55. The Morgan fingerprint density at radius 1 is 1.28 bits per heavy atom. The molecule has 0 amide bonds. The zero-order valence-electron chi connectivity index (χ0n) is 10.7. The molecule has 1 fully saturated rings. The number of halogens is 2. The van der Waals surface area contributed by atoms with Crippen molar-refractivity contribution in [2.24, 2.45) is 0 Å². The average molecular weight is 377 g/mol. The minimum atomic E-state index is 1.06. The summed E-state index contributed by atoms with van der Waals surface area (Å²) in [7, 11) is 0. The van der Waals surface area contributed by atoms with Crippen LogP contribution < -0.4 is 4.90 Å². The lowest BCUT2D eigenvalue weighted by Gasteiger charge is -2.24. The van der Waals surface area contributed by atoms with Gasteiger partial charge >= 0.3 is 0 Å². The summed E-state index contributed by atoms with van der Waals surface area (Å²) in [5.41, 5.74) is 1.25. The highest BCUT2D eigenvalue weighted by Crippen LogP contribution is 2.21. The van der Waals surface area contributed by atoms with Gasteiger partial charge in [-0.25, -0.2) is 4.98 Å². The summed E-state index contributed by atoms with van der Waals surface area (Å²) >= 11 is 6.99. The number of aromatic nitrogens is 1. The van der Waals surface area contributed by atoms with Gasteiger partial charge in [-0.05, 0) is 47.4 Å². The van der Waals surface area contributed by atoms with Crippen molar-refractivity contribution in [1.29, 1.82) is 0 Å². The maximum atomic E-state index is 4.57. The third-order valence-corrected chi connectivity index (χ3v) is 4.09. The summed E-state index contributed by atoms with van der Waals surface area (Å²) < 4.78 is 1.06. The normalized spacial score (nSPS) is 17.8. The van der Waals surface area contributed by atoms with E-state index in [1.165, 1.54) is 18.5 Å². The molecule has 0 unspecified atom stereocenters. The van der Waals surface area contributed by atoms with Gasteiger partial charge in [-0.1, -0.05) is 15.9 Å². The lowest BCUT2D eigenvalue weighted by molar-refractivity contribution is 0.313. The molecular weight excluding hydrogens is 358 g/mol. The largest absolute Gasteiger partial charge is 0.355 e. The highest BCUT2D eigenvalue weighted by Gasteiger charge is 2.16. The van der Waals surface area contributed by atoms with E-state index in [9.17, 15) is 0 Å². The molecule has 1 saturated heterocycles. The molecular formula is C13H19Br2N3. The third kappa shape index (κ3) is 3.68. The van der Waals surface area contributed by atoms with Crippen LogP contribution in [0.15, 0.2) is 16.7 Å². The van der Waals surface area contributed by atoms with Crippen LogP contribution in [-0.2, 0) is 0 Å². The highest BCUT2D eigenvalue weighted by molar-refractivity contribution is 9.10. The lowest BCUT2D eigenvalue weighted by atomic mass is 10.2. The van der Waals surface area contributed by atoms with Gasteiger partial charge in [-0.3, -0.25) is 0 Å². The van der Waals surface area contributed by atoms with Crippen molar-refractivity contribution in [3.05, 3.63) is 22.3 Å². The number of alkyl halides is 1. The fraction of sp³-hybridized carbons (Fsp3) is 0.615. The van der Waals surface area contributed by atoms with Crippen LogP contribution in [0.5, 0.6) is 0 Å². The molecule has 100 valence electrons. The number of hydrogen-bond donors (Lipinski definition) is 0. The van der Waals surface area contributed by atoms with E-state index < -0.39 is 0 Å². The van der Waals surface area contributed by atoms with Gasteiger partial charge in [0.25, 0.3) is 0 Å². The molecule has 0 aliphatic carbocycles. The minimum absolute atomic E-state index is 1.06. The number of aryl methyl sites for hydroxylation is 1. The number of nitrogens with zero attached hydrogens (tertiary/aromatic N) is 3. The zero-order valence-corrected chi connectivity index (χ0v) is 13.9. The SMILES string of the molecule is Cc1cc(Br)cnc1N1CCCN(CCBr)CC1. The quantitative estimate of drug-likeness (QED) is 0.755. The van der Waals surface area contributed by atoms with Gasteiger partial charge in [0.05, 0.1) is 0 Å². The first-order valence-corrected chi connectivity index (χ1v) is 8.27. The fourth-order valence-corrected chi connectivity index (χ4v) is 3.34. The maximum absolute atomic E-state index is 4.57. The molecule has 3 nitrogen and oxygen atoms in total. The van der Waals surface area contributed by atoms with Crippen molar-refractivity contribution in [3.63, 3.8) is 0 Å². The Bertz CT molecular complexity index is 398. The van der Waals surface area contributed by atoms with E-state index in [0.717, 1.165) is 41.8 Å². The molecule has 0 N–H and O–H groups in total. The van der Waals surface area contributed by atoms with Crippen LogP contribution in [0, 0.1) is 6.92 Å². The van der Waals surface area contributed by atoms with Gasteiger partial charge < -0.3 is 9.80 Å². The first kappa shape index (κ1) is 14.3. The predicted octanol–water partition coefficient (Wildman–Crippen LogP) is 3.06. The Balaban J connectivity index is 2.05. The summed E-state index contributed by atoms with van der Waals surface area (Å²) in [6.07, 6.45) is 3.10. The van der Waals surface area contributed by atoms with E-state index in [-0.39, 0.29) is 0 Å². The van der Waals surface area contributed by atoms with Crippen LogP contribution in [0.1, 0.15) is 12.0 Å². The highest BCUT2D eigenvalue weighted by atomic mass is 79.9. The van der Waals surface area contributed by atoms with E-state index in [1.807, 2.05) is 6.20 Å². The molecule has 0 atom stereocenters. The molecule has 2 heterocycles. The van der Waals surface area contributed by atoms with Crippen LogP contribution in [0.25, 0.3) is 0 Å². The molecule has 0 bridgehead atoms. The summed E-state index contributed by atoms with van der Waals surface area (Å²) in [5.74, 6) is 1.14. The molecule has 0 spiro atoms. The van der Waals surface area contributed by atoms with E-state index in [0.29, 0.717) is 0 Å². The van der Waals surface area contributed by atoms with Crippen LogP contribution in [-0.4, -0.2) is 47.9 Å². The van der Waals surface area contributed by atoms with Crippen molar-refractivity contribution < 1.29 is 0 Å². The summed E-state index contributed by atoms with van der Waals surface area (Å²) in [6, 6.07) is 2.14. The first-order chi connectivity index (χ1) is 8.70. The van der Waals surface area contributed by atoms with Crippen LogP contribution in [0.2, 0.25) is 0 Å². The monoisotopic (exact) mass is 375 g/mol. The second-order valence-electron chi connectivity index (χ2n) is 4.67. The van der Waals surface area contributed by atoms with Crippen LogP contribution >= 0.6 is 31.9 Å². The van der Waals surface area contributed by atoms with Crippen LogP contribution in [0.4, 0.5) is 5.82 Å². The molecule has 18 heavy (non-hydrogen) atoms. The molecule has 1 aliphatic heterocycles. The van der Waals surface area contributed by atoms with Gasteiger partial charge in [0, 0.05) is 42.2 Å². The molecule has 1 aromatic rings. The third-order valence-electron chi connectivity index (χ3n) is 3.31. The Morgan fingerprint density at radius 3 is 2.83 bits per heavy atom. The minimum Gasteiger partial charge on any atom is -0.355 e. The van der Waals surface area contributed by atoms with E-state index in [4.69, 9.17) is 0 Å². The molecule has 0 radical (unpaired) electrons. The smallest absolute Gasteiger partial charge is 0.131 e. The van der Waals surface area contributed by atoms with Crippen molar-refractivity contribution >= 4 is 37.7 Å². The van der Waals surface area contributed by atoms with Crippen molar-refractivity contribution in [2.75, 3.05) is 43.0 Å². The molecule has 1 aromatic heterocycles. The van der Waals surface area contributed by atoms with E-state index in [2.05, 4.69) is 59.6 Å². The Labute approximate surface area is 126 Å². The Kier molecular flexibility index (Phi) is 5.45. The van der Waals surface area contributed by atoms with Gasteiger partial charge in [-0.15, -0.1) is 0 Å². The Hall–Kier alpha value is -0.130. The summed E-state index contributed by atoms with van der Waals surface area (Å²) in [4.78, 5) is 9.49. The maximum Gasteiger partial charge on any atom is 0.131 e. The van der Waals surface area contributed by atoms with Gasteiger partial charge in [0.2, 0.25) is 0 Å². The van der Waals surface area contributed by atoms with E-state index >= 15 is 0 Å². The second kappa shape index (κ2) is 6.87. The molecule has 5 heteroatoms. The number of anilines is 1. The summed E-state index contributed by atoms with van der Waals surface area (Å²) in [6.45, 7) is 7.77. The van der Waals surface area contributed by atoms with Crippen molar-refractivity contribution in [3.8, 4) is 0 Å². The number of hydrogen-bond acceptors (Lipinski definition) is 3. The molecule has 2 rings (SSSR count). The second-order valence-corrected chi connectivity index (χ2v) is 6.37. The lowest BCUT2D eigenvalue weighted by Crippen LogP contribution is -2.32. The number of pyridine rings is 1. The Morgan fingerprint density at radius 2 is 2.11 bits per heavy atom. The van der Waals surface area contributed by atoms with Gasteiger partial charge in [0.1, 0.15) is 5.82 Å². The fourth-order valence-electron chi connectivity index (χ4n) is 2.39. The topological polar surface area (TPSA) is 19.4 Å². The summed E-state index contributed by atoms with van der Waals surface area (Å²) in [5, 5.41) is 1.06. The van der Waals surface area contributed by atoms with Gasteiger partial charge in [-0.2, -0.15) is 0 Å². The van der Waals surface area contributed by atoms with Crippen molar-refractivity contribution in [2.45, 2.75) is 13.3 Å². The van der Waals surface area contributed by atoms with Gasteiger partial charge in [0.15, 0.2) is 0 Å². The van der Waals surface area contributed by atoms with E-state index in [1.54, 1.807) is 0 Å². The predicted molar refractivity (Wildman–Crippen MR) is 83.7 cm³/mol. The molecule has 0 saturated carbocycles. The number of rotatable bonds is 3. The van der Waals surface area contributed by atoms with Crippen molar-refractivity contribution in [1.82, 2.24) is 9.88 Å². The first-order valence-electron chi connectivity index (χ1n) is 6.36. The molecule has 1 aliphatic rings. The molecule has 0 aromatic carbocycles. The zero-order chi connectivity index (χ0) is 13.0. The standard InChI is InChI=1S/C13H19Br2N3/c1-11-9-12(15)10-16-13(11)18-5-2-4-17(6-3-14)7-8-18/h9-10H,2-8H2,1H3.